The van der Waals surface area contributed by atoms with Gasteiger partial charge in [0.05, 0.1) is 0 Å². The van der Waals surface area contributed by atoms with E-state index in [1.807, 2.05) is 11.8 Å². The van der Waals surface area contributed by atoms with Gasteiger partial charge >= 0.3 is 0 Å². The molecule has 1 unspecified atom stereocenters. The van der Waals surface area contributed by atoms with Crippen molar-refractivity contribution in [3.05, 3.63) is 29.8 Å². The van der Waals surface area contributed by atoms with Crippen molar-refractivity contribution >= 4 is 11.8 Å². The van der Waals surface area contributed by atoms with Gasteiger partial charge < -0.3 is 5.73 Å². The Hall–Kier alpha value is -0.470. The normalized spacial score (nSPS) is 12.8. The van der Waals surface area contributed by atoms with Crippen molar-refractivity contribution in [1.82, 2.24) is 0 Å². The fraction of sp³-hybridized carbons (Fsp3) is 0.455. The van der Waals surface area contributed by atoms with Crippen LogP contribution in [0.1, 0.15) is 25.3 Å². The second-order valence-corrected chi connectivity index (χ2v) is 4.41. The van der Waals surface area contributed by atoms with Crippen molar-refractivity contribution in [2.45, 2.75) is 24.7 Å². The van der Waals surface area contributed by atoms with E-state index in [0.29, 0.717) is 5.92 Å². The number of rotatable bonds is 4. The average Bonchev–Trinajstić information content (AvgIpc) is 2.18. The van der Waals surface area contributed by atoms with E-state index in [4.69, 9.17) is 5.73 Å². The monoisotopic (exact) mass is 195 g/mol. The highest BCUT2D eigenvalue weighted by Crippen LogP contribution is 2.27. The summed E-state index contributed by atoms with van der Waals surface area (Å²) in [5.41, 5.74) is 7.05. The fourth-order valence-corrected chi connectivity index (χ4v) is 2.22. The summed E-state index contributed by atoms with van der Waals surface area (Å²) >= 11 is 1.89. The van der Waals surface area contributed by atoms with Crippen LogP contribution in [0.4, 0.5) is 0 Å². The Morgan fingerprint density at radius 3 is 2.69 bits per heavy atom. The minimum Gasteiger partial charge on any atom is -0.330 e. The highest BCUT2D eigenvalue weighted by Gasteiger charge is 2.07. The number of benzene rings is 1. The molecule has 0 radical (unpaired) electrons. The lowest BCUT2D eigenvalue weighted by Gasteiger charge is -2.13. The molecule has 2 N–H and O–H groups in total. The first-order valence-corrected chi connectivity index (χ1v) is 5.70. The highest BCUT2D eigenvalue weighted by atomic mass is 32.2. The van der Waals surface area contributed by atoms with E-state index in [2.05, 4.69) is 38.1 Å². The molecule has 0 bridgehead atoms. The summed E-state index contributed by atoms with van der Waals surface area (Å²) in [5, 5.41) is 0. The van der Waals surface area contributed by atoms with Gasteiger partial charge in [-0.1, -0.05) is 32.0 Å². The highest BCUT2D eigenvalue weighted by molar-refractivity contribution is 7.99. The molecule has 0 aliphatic rings. The molecule has 1 nitrogen and oxygen atoms in total. The van der Waals surface area contributed by atoms with Crippen LogP contribution in [0.2, 0.25) is 0 Å². The molecule has 0 aliphatic heterocycles. The molecule has 0 heterocycles. The first-order valence-electron chi connectivity index (χ1n) is 4.71. The van der Waals surface area contributed by atoms with Crippen LogP contribution in [0.15, 0.2) is 29.2 Å². The molecule has 72 valence electrons. The third kappa shape index (κ3) is 2.75. The molecule has 0 spiro atoms. The number of hydrogen-bond donors (Lipinski definition) is 1. The third-order valence-corrected chi connectivity index (χ3v) is 3.07. The summed E-state index contributed by atoms with van der Waals surface area (Å²) in [7, 11) is 0. The van der Waals surface area contributed by atoms with Gasteiger partial charge in [0.15, 0.2) is 0 Å². The predicted octanol–water partition coefficient (Wildman–Crippen LogP) is 2.86. The summed E-state index contributed by atoms with van der Waals surface area (Å²) in [6, 6.07) is 8.52. The van der Waals surface area contributed by atoms with Gasteiger partial charge in [-0.15, -0.1) is 11.8 Å². The molecule has 2 heteroatoms. The zero-order valence-electron chi connectivity index (χ0n) is 8.29. The Balaban J connectivity index is 2.90. The largest absolute Gasteiger partial charge is 0.330 e. The van der Waals surface area contributed by atoms with Gasteiger partial charge in [-0.3, -0.25) is 0 Å². The van der Waals surface area contributed by atoms with E-state index in [1.54, 1.807) is 0 Å². The lowest BCUT2D eigenvalue weighted by Crippen LogP contribution is -2.09. The Morgan fingerprint density at radius 2 is 2.08 bits per heavy atom. The van der Waals surface area contributed by atoms with Gasteiger partial charge in [-0.05, 0) is 29.8 Å². The van der Waals surface area contributed by atoms with E-state index in [-0.39, 0.29) is 0 Å². The first-order chi connectivity index (χ1) is 6.29. The number of hydrogen-bond acceptors (Lipinski definition) is 2. The fourth-order valence-electron chi connectivity index (χ4n) is 1.30. The topological polar surface area (TPSA) is 26.0 Å². The minimum atomic E-state index is 0.468. The standard InChI is InChI=1S/C11H17NS/c1-3-13-11-7-5-4-6-10(11)9(2)8-12/h4-7,9H,3,8,12H2,1-2H3. The summed E-state index contributed by atoms with van der Waals surface area (Å²) in [4.78, 5) is 1.38. The summed E-state index contributed by atoms with van der Waals surface area (Å²) in [5.74, 6) is 1.59. The van der Waals surface area contributed by atoms with Crippen molar-refractivity contribution < 1.29 is 0 Å². The van der Waals surface area contributed by atoms with E-state index in [1.165, 1.54) is 10.5 Å². The maximum absolute atomic E-state index is 5.66. The second-order valence-electron chi connectivity index (χ2n) is 3.11. The zero-order valence-corrected chi connectivity index (χ0v) is 9.10. The molecule has 0 aromatic heterocycles. The van der Waals surface area contributed by atoms with Gasteiger partial charge in [-0.2, -0.15) is 0 Å². The van der Waals surface area contributed by atoms with E-state index < -0.39 is 0 Å². The van der Waals surface area contributed by atoms with Crippen LogP contribution >= 0.6 is 11.8 Å². The lowest BCUT2D eigenvalue weighted by atomic mass is 10.0. The van der Waals surface area contributed by atoms with Gasteiger partial charge in [0, 0.05) is 4.90 Å². The maximum Gasteiger partial charge on any atom is 0.0107 e. The van der Waals surface area contributed by atoms with Crippen molar-refractivity contribution in [3.63, 3.8) is 0 Å². The Bertz CT molecular complexity index is 260. The van der Waals surface area contributed by atoms with Crippen LogP contribution in [0, 0.1) is 0 Å². The summed E-state index contributed by atoms with van der Waals surface area (Å²) in [6.07, 6.45) is 0. The van der Waals surface area contributed by atoms with E-state index in [9.17, 15) is 0 Å². The Labute approximate surface area is 84.7 Å². The molecule has 0 amide bonds. The van der Waals surface area contributed by atoms with Crippen molar-refractivity contribution in [1.29, 1.82) is 0 Å². The molecular weight excluding hydrogens is 178 g/mol. The molecule has 0 fully saturated rings. The second kappa shape index (κ2) is 5.30. The predicted molar refractivity (Wildman–Crippen MR) is 60.3 cm³/mol. The minimum absolute atomic E-state index is 0.468. The molecule has 1 atom stereocenters. The van der Waals surface area contributed by atoms with E-state index in [0.717, 1.165) is 12.3 Å². The summed E-state index contributed by atoms with van der Waals surface area (Å²) in [6.45, 7) is 5.07. The van der Waals surface area contributed by atoms with E-state index >= 15 is 0 Å². The number of nitrogens with two attached hydrogens (primary N) is 1. The van der Waals surface area contributed by atoms with Gasteiger partial charge in [0.2, 0.25) is 0 Å². The van der Waals surface area contributed by atoms with Crippen molar-refractivity contribution in [2.75, 3.05) is 12.3 Å². The van der Waals surface area contributed by atoms with Crippen LogP contribution in [-0.4, -0.2) is 12.3 Å². The molecule has 0 saturated heterocycles. The molecule has 1 aromatic rings. The molecule has 13 heavy (non-hydrogen) atoms. The van der Waals surface area contributed by atoms with Crippen LogP contribution in [0.3, 0.4) is 0 Å². The lowest BCUT2D eigenvalue weighted by molar-refractivity contribution is 0.758. The van der Waals surface area contributed by atoms with Gasteiger partial charge in [0.25, 0.3) is 0 Å². The molecule has 1 rings (SSSR count). The van der Waals surface area contributed by atoms with Crippen LogP contribution < -0.4 is 5.73 Å². The average molecular weight is 195 g/mol. The first kappa shape index (κ1) is 10.6. The molecular formula is C11H17NS. The Morgan fingerprint density at radius 1 is 1.38 bits per heavy atom. The quantitative estimate of drug-likeness (QED) is 0.748. The van der Waals surface area contributed by atoms with Crippen LogP contribution in [-0.2, 0) is 0 Å². The van der Waals surface area contributed by atoms with Crippen LogP contribution in [0.25, 0.3) is 0 Å². The third-order valence-electron chi connectivity index (χ3n) is 2.10. The van der Waals surface area contributed by atoms with Crippen LogP contribution in [0.5, 0.6) is 0 Å². The number of thioether (sulfide) groups is 1. The molecule has 1 aromatic carbocycles. The molecule has 0 saturated carbocycles. The summed E-state index contributed by atoms with van der Waals surface area (Å²) < 4.78 is 0. The molecule has 0 aliphatic carbocycles. The SMILES string of the molecule is CCSc1ccccc1C(C)CN. The van der Waals surface area contributed by atoms with Gasteiger partial charge in [0.1, 0.15) is 0 Å². The van der Waals surface area contributed by atoms with Gasteiger partial charge in [-0.25, -0.2) is 0 Å². The smallest absolute Gasteiger partial charge is 0.0107 e. The zero-order chi connectivity index (χ0) is 9.68. The van der Waals surface area contributed by atoms with Crippen molar-refractivity contribution in [3.8, 4) is 0 Å². The maximum atomic E-state index is 5.66. The van der Waals surface area contributed by atoms with Crippen molar-refractivity contribution in [2.24, 2.45) is 5.73 Å². The Kier molecular flexibility index (Phi) is 4.33.